The molecule has 0 radical (unpaired) electrons. The Balaban J connectivity index is 1.81. The van der Waals surface area contributed by atoms with Crippen LogP contribution in [0.1, 0.15) is 27.3 Å². The van der Waals surface area contributed by atoms with E-state index < -0.39 is 5.91 Å². The zero-order valence-electron chi connectivity index (χ0n) is 18.0. The van der Waals surface area contributed by atoms with E-state index in [9.17, 15) is 4.79 Å². The summed E-state index contributed by atoms with van der Waals surface area (Å²) < 4.78 is 7.08. The van der Waals surface area contributed by atoms with Gasteiger partial charge in [-0.3, -0.25) is 4.79 Å². The lowest BCUT2D eigenvalue weighted by Crippen LogP contribution is -2.15. The summed E-state index contributed by atoms with van der Waals surface area (Å²) >= 11 is 0. The Morgan fingerprint density at radius 1 is 0.935 bits per heavy atom. The van der Waals surface area contributed by atoms with Gasteiger partial charge in [0.05, 0.1) is 18.5 Å². The smallest absolute Gasteiger partial charge is 0.295 e. The van der Waals surface area contributed by atoms with Gasteiger partial charge in [-0.25, -0.2) is 9.67 Å². The lowest BCUT2D eigenvalue weighted by Gasteiger charge is -2.10. The number of hydrogen-bond acceptors (Lipinski definition) is 4. The molecule has 0 saturated carbocycles. The molecule has 0 atom stereocenters. The SMILES string of the molecule is COc1ccccc1NC(=O)c1nc(-c2cccc(C)c2)n(-c2cc(C)ccc2C)n1. The molecule has 0 saturated heterocycles. The van der Waals surface area contributed by atoms with Gasteiger partial charge in [0.1, 0.15) is 5.75 Å². The van der Waals surface area contributed by atoms with Crippen LogP contribution in [0.3, 0.4) is 0 Å². The van der Waals surface area contributed by atoms with Gasteiger partial charge in [-0.1, -0.05) is 48.0 Å². The molecule has 0 aliphatic rings. The number of anilines is 1. The summed E-state index contributed by atoms with van der Waals surface area (Å²) in [7, 11) is 1.56. The fourth-order valence-electron chi connectivity index (χ4n) is 3.42. The quantitative estimate of drug-likeness (QED) is 0.494. The standard InChI is InChI=1S/C25H24N4O2/c1-16-8-7-9-19(14-16)24-27-23(25(30)26-20-10-5-6-11-22(20)31-4)28-29(24)21-15-17(2)12-13-18(21)3/h5-15H,1-4H3,(H,26,30). The van der Waals surface area contributed by atoms with Gasteiger partial charge >= 0.3 is 0 Å². The number of aromatic nitrogens is 3. The molecular weight excluding hydrogens is 388 g/mol. The van der Waals surface area contributed by atoms with Crippen molar-refractivity contribution in [1.29, 1.82) is 0 Å². The van der Waals surface area contributed by atoms with Crippen molar-refractivity contribution in [1.82, 2.24) is 14.8 Å². The number of methoxy groups -OCH3 is 1. The number of hydrogen-bond donors (Lipinski definition) is 1. The van der Waals surface area contributed by atoms with Crippen LogP contribution in [0.25, 0.3) is 17.1 Å². The maximum Gasteiger partial charge on any atom is 0.295 e. The second-order valence-corrected chi connectivity index (χ2v) is 7.48. The number of nitrogens with zero attached hydrogens (tertiary/aromatic N) is 3. The number of ether oxygens (including phenoxy) is 1. The van der Waals surface area contributed by atoms with Crippen LogP contribution in [-0.2, 0) is 0 Å². The molecule has 31 heavy (non-hydrogen) atoms. The Morgan fingerprint density at radius 2 is 1.71 bits per heavy atom. The van der Waals surface area contributed by atoms with E-state index in [0.717, 1.165) is 27.9 Å². The van der Waals surface area contributed by atoms with Crippen LogP contribution in [0.4, 0.5) is 5.69 Å². The van der Waals surface area contributed by atoms with Gasteiger partial charge in [-0.15, -0.1) is 5.10 Å². The molecule has 1 amide bonds. The number of benzene rings is 3. The molecule has 3 aromatic carbocycles. The second kappa shape index (κ2) is 8.44. The number of rotatable bonds is 5. The zero-order chi connectivity index (χ0) is 22.0. The molecule has 156 valence electrons. The fraction of sp³-hybridized carbons (Fsp3) is 0.160. The van der Waals surface area contributed by atoms with Crippen LogP contribution in [0, 0.1) is 20.8 Å². The minimum atomic E-state index is -0.401. The molecular formula is C25H24N4O2. The molecule has 0 unspecified atom stereocenters. The summed E-state index contributed by atoms with van der Waals surface area (Å²) in [6.07, 6.45) is 0. The summed E-state index contributed by atoms with van der Waals surface area (Å²) in [5, 5.41) is 7.45. The average molecular weight is 412 g/mol. The number of aryl methyl sites for hydroxylation is 3. The summed E-state index contributed by atoms with van der Waals surface area (Å²) in [5.74, 6) is 0.872. The van der Waals surface area contributed by atoms with Crippen molar-refractivity contribution in [3.05, 3.63) is 89.2 Å². The third-order valence-corrected chi connectivity index (χ3v) is 5.03. The lowest BCUT2D eigenvalue weighted by atomic mass is 10.1. The van der Waals surface area contributed by atoms with Crippen molar-refractivity contribution in [2.75, 3.05) is 12.4 Å². The van der Waals surface area contributed by atoms with Crippen LogP contribution < -0.4 is 10.1 Å². The van der Waals surface area contributed by atoms with Crippen molar-refractivity contribution in [3.63, 3.8) is 0 Å². The minimum Gasteiger partial charge on any atom is -0.495 e. The van der Waals surface area contributed by atoms with Crippen molar-refractivity contribution in [2.45, 2.75) is 20.8 Å². The normalized spacial score (nSPS) is 10.7. The predicted molar refractivity (Wildman–Crippen MR) is 122 cm³/mol. The van der Waals surface area contributed by atoms with E-state index in [4.69, 9.17) is 4.74 Å². The van der Waals surface area contributed by atoms with Crippen molar-refractivity contribution in [2.24, 2.45) is 0 Å². The third-order valence-electron chi connectivity index (χ3n) is 5.03. The van der Waals surface area contributed by atoms with E-state index >= 15 is 0 Å². The summed E-state index contributed by atoms with van der Waals surface area (Å²) in [5.41, 5.74) is 5.60. The highest BCUT2D eigenvalue weighted by Crippen LogP contribution is 2.26. The highest BCUT2D eigenvalue weighted by atomic mass is 16.5. The molecule has 0 aliphatic heterocycles. The van der Waals surface area contributed by atoms with Crippen molar-refractivity contribution < 1.29 is 9.53 Å². The predicted octanol–water partition coefficient (Wildman–Crippen LogP) is 5.12. The first-order chi connectivity index (χ1) is 15.0. The maximum absolute atomic E-state index is 13.0. The third kappa shape index (κ3) is 4.19. The molecule has 4 rings (SSSR count). The first-order valence-corrected chi connectivity index (χ1v) is 10.0. The highest BCUT2D eigenvalue weighted by Gasteiger charge is 2.21. The van der Waals surface area contributed by atoms with Gasteiger partial charge in [0.2, 0.25) is 5.82 Å². The van der Waals surface area contributed by atoms with Crippen molar-refractivity contribution >= 4 is 11.6 Å². The zero-order valence-corrected chi connectivity index (χ0v) is 18.0. The largest absolute Gasteiger partial charge is 0.495 e. The molecule has 0 bridgehead atoms. The molecule has 6 nitrogen and oxygen atoms in total. The average Bonchev–Trinajstić information content (AvgIpc) is 3.21. The number of nitrogens with one attached hydrogen (secondary N) is 1. The first kappa shape index (κ1) is 20.3. The highest BCUT2D eigenvalue weighted by molar-refractivity contribution is 6.02. The van der Waals surface area contributed by atoms with Crippen LogP contribution in [0.5, 0.6) is 5.75 Å². The van der Waals surface area contributed by atoms with E-state index in [-0.39, 0.29) is 5.82 Å². The topological polar surface area (TPSA) is 69.0 Å². The molecule has 6 heteroatoms. The van der Waals surface area contributed by atoms with E-state index in [1.54, 1.807) is 23.9 Å². The van der Waals surface area contributed by atoms with Crippen LogP contribution in [0.15, 0.2) is 66.7 Å². The van der Waals surface area contributed by atoms with Gasteiger partial charge in [-0.2, -0.15) is 0 Å². The Bertz CT molecular complexity index is 1260. The molecule has 0 fully saturated rings. The lowest BCUT2D eigenvalue weighted by molar-refractivity contribution is 0.101. The summed E-state index contributed by atoms with van der Waals surface area (Å²) in [6, 6.07) is 21.4. The van der Waals surface area contributed by atoms with Crippen LogP contribution in [0.2, 0.25) is 0 Å². The van der Waals surface area contributed by atoms with Gasteiger partial charge in [0, 0.05) is 5.56 Å². The van der Waals surface area contributed by atoms with Gasteiger partial charge in [-0.05, 0) is 56.2 Å². The molecule has 4 aromatic rings. The van der Waals surface area contributed by atoms with E-state index in [2.05, 4.69) is 21.5 Å². The molecule has 0 aliphatic carbocycles. The fourth-order valence-corrected chi connectivity index (χ4v) is 3.42. The van der Waals surface area contributed by atoms with Gasteiger partial charge < -0.3 is 10.1 Å². The minimum absolute atomic E-state index is 0.0864. The Labute approximate surface area is 181 Å². The van der Waals surface area contributed by atoms with Gasteiger partial charge in [0.15, 0.2) is 5.82 Å². The van der Waals surface area contributed by atoms with E-state index in [1.165, 1.54) is 0 Å². The molecule has 0 spiro atoms. The Kier molecular flexibility index (Phi) is 5.54. The Hall–Kier alpha value is -3.93. The molecule has 1 N–H and O–H groups in total. The van der Waals surface area contributed by atoms with Gasteiger partial charge in [0.25, 0.3) is 5.91 Å². The monoisotopic (exact) mass is 412 g/mol. The number of carbonyl (C=O) groups is 1. The maximum atomic E-state index is 13.0. The van der Waals surface area contributed by atoms with Crippen LogP contribution >= 0.6 is 0 Å². The van der Waals surface area contributed by atoms with E-state index in [1.807, 2.05) is 69.3 Å². The molecule has 1 aromatic heterocycles. The summed E-state index contributed by atoms with van der Waals surface area (Å²) in [4.78, 5) is 17.6. The number of para-hydroxylation sites is 2. The Morgan fingerprint density at radius 3 is 2.48 bits per heavy atom. The number of amides is 1. The summed E-state index contributed by atoms with van der Waals surface area (Å²) in [6.45, 7) is 6.07. The first-order valence-electron chi connectivity index (χ1n) is 10.0. The van der Waals surface area contributed by atoms with E-state index in [0.29, 0.717) is 17.3 Å². The molecule has 1 heterocycles. The second-order valence-electron chi connectivity index (χ2n) is 7.48. The number of carbonyl (C=O) groups excluding carboxylic acids is 1. The van der Waals surface area contributed by atoms with Crippen molar-refractivity contribution in [3.8, 4) is 22.8 Å². The van der Waals surface area contributed by atoms with Crippen LogP contribution in [-0.4, -0.2) is 27.8 Å².